The first-order chi connectivity index (χ1) is 32.3. The van der Waals surface area contributed by atoms with E-state index in [1.165, 1.54) is 13.8 Å². The fourth-order valence-electron chi connectivity index (χ4n) is 6.97. The number of carbonyl (C=O) groups excluding carboxylic acids is 9. The Morgan fingerprint density at radius 3 is 1.74 bits per heavy atom. The summed E-state index contributed by atoms with van der Waals surface area (Å²) in [6.45, 7) is 4.54. The van der Waals surface area contributed by atoms with Crippen LogP contribution < -0.4 is 65.1 Å². The molecule has 1 aliphatic rings. The molecule has 0 saturated carbocycles. The van der Waals surface area contributed by atoms with Crippen LogP contribution in [0.15, 0.2) is 41.0 Å². The van der Waals surface area contributed by atoms with E-state index in [-0.39, 0.29) is 69.2 Å². The van der Waals surface area contributed by atoms with Crippen LogP contribution in [-0.2, 0) is 44.8 Å². The highest BCUT2D eigenvalue weighted by atomic mass is 16.3. The Kier molecular flexibility index (Phi) is 22.9. The highest BCUT2D eigenvalue weighted by Crippen LogP contribution is 2.11. The maximum atomic E-state index is 14.2. The van der Waals surface area contributed by atoms with Crippen molar-refractivity contribution in [3.8, 4) is 0 Å². The topological polar surface area (TPSA) is 406 Å². The van der Waals surface area contributed by atoms with Crippen LogP contribution in [0.2, 0.25) is 0 Å². The van der Waals surface area contributed by atoms with Crippen LogP contribution in [0.25, 0.3) is 0 Å². The van der Waals surface area contributed by atoms with Crippen molar-refractivity contribution in [2.45, 2.75) is 121 Å². The molecule has 1 fully saturated rings. The summed E-state index contributed by atoms with van der Waals surface area (Å²) in [5.74, 6) is -8.20. The number of nitrogens with one attached hydrogen (secondary N) is 9. The summed E-state index contributed by atoms with van der Waals surface area (Å²) in [5, 5.41) is 43.3. The number of amides is 9. The molecule has 0 aliphatic carbocycles. The van der Waals surface area contributed by atoms with Gasteiger partial charge in [0.25, 0.3) is 5.91 Å². The van der Waals surface area contributed by atoms with Crippen LogP contribution in [-0.4, -0.2) is 156 Å². The Morgan fingerprint density at radius 2 is 1.24 bits per heavy atom. The minimum Gasteiger partial charge on any atom is -0.448 e. The molecule has 0 radical (unpaired) electrons. The predicted molar refractivity (Wildman–Crippen MR) is 243 cm³/mol. The number of aliphatic hydroxyl groups excluding tert-OH is 2. The third-order valence-electron chi connectivity index (χ3n) is 10.6. The fraction of sp³-hybridized carbons (Fsp3) is 0.581. The molecule has 25 heteroatoms. The molecule has 1 saturated heterocycles. The minimum absolute atomic E-state index is 0.0706. The molecular formula is C43H67N13O12. The van der Waals surface area contributed by atoms with Crippen molar-refractivity contribution in [3.63, 3.8) is 0 Å². The number of benzene rings is 1. The average molecular weight is 958 g/mol. The number of rotatable bonds is 16. The highest BCUT2D eigenvalue weighted by molar-refractivity contribution is 5.99. The summed E-state index contributed by atoms with van der Waals surface area (Å²) in [6.07, 6.45) is -1.37. The van der Waals surface area contributed by atoms with Crippen molar-refractivity contribution in [3.05, 3.63) is 53.7 Å². The number of hydrogen-bond donors (Lipinski definition) is 14. The third kappa shape index (κ3) is 17.6. The zero-order valence-corrected chi connectivity index (χ0v) is 38.7. The molecule has 17 N–H and O–H groups in total. The summed E-state index contributed by atoms with van der Waals surface area (Å²) in [5.41, 5.74) is 17.9. The summed E-state index contributed by atoms with van der Waals surface area (Å²) < 4.78 is 5.04. The lowest BCUT2D eigenvalue weighted by atomic mass is 10.00. The van der Waals surface area contributed by atoms with Gasteiger partial charge in [0, 0.05) is 19.9 Å². The first-order valence-electron chi connectivity index (χ1n) is 22.4. The summed E-state index contributed by atoms with van der Waals surface area (Å²) in [4.78, 5) is 128. The van der Waals surface area contributed by atoms with Crippen molar-refractivity contribution in [2.24, 2.45) is 23.1 Å². The number of nitrogens with zero attached hydrogens (tertiary/aromatic N) is 1. The average Bonchev–Trinajstić information content (AvgIpc) is 3.74. The maximum absolute atomic E-state index is 14.2. The van der Waals surface area contributed by atoms with Gasteiger partial charge in [0.05, 0.1) is 12.7 Å². The van der Waals surface area contributed by atoms with E-state index >= 15 is 0 Å². The monoisotopic (exact) mass is 958 g/mol. The maximum Gasteiger partial charge on any atom is 0.273 e. The quantitative estimate of drug-likeness (QED) is 0.0747. The number of nitrogens with two attached hydrogens (primary N) is 3. The Hall–Kier alpha value is -6.54. The van der Waals surface area contributed by atoms with E-state index in [2.05, 4.69) is 52.8 Å². The Morgan fingerprint density at radius 1 is 0.735 bits per heavy atom. The molecule has 1 aromatic carbocycles. The zero-order valence-electron chi connectivity index (χ0n) is 38.7. The molecule has 68 heavy (non-hydrogen) atoms. The van der Waals surface area contributed by atoms with Crippen molar-refractivity contribution in [2.75, 3.05) is 32.8 Å². The second-order valence-corrected chi connectivity index (χ2v) is 16.7. The van der Waals surface area contributed by atoms with E-state index in [0.717, 1.165) is 6.26 Å². The molecule has 3 rings (SSSR count). The number of aliphatic hydroxyl groups is 2. The van der Waals surface area contributed by atoms with E-state index in [4.69, 9.17) is 21.6 Å². The molecule has 376 valence electrons. The van der Waals surface area contributed by atoms with Crippen LogP contribution in [0.4, 0.5) is 0 Å². The Labute approximate surface area is 393 Å². The van der Waals surface area contributed by atoms with E-state index < -0.39 is 127 Å². The predicted octanol–water partition coefficient (Wildman–Crippen LogP) is -5.30. The van der Waals surface area contributed by atoms with Gasteiger partial charge in [0.1, 0.15) is 54.6 Å². The van der Waals surface area contributed by atoms with Crippen molar-refractivity contribution < 1.29 is 57.8 Å². The lowest BCUT2D eigenvalue weighted by Gasteiger charge is -2.28. The lowest BCUT2D eigenvalue weighted by molar-refractivity contribution is -0.136. The highest BCUT2D eigenvalue weighted by Gasteiger charge is 2.36. The first kappa shape index (κ1) is 55.8. The number of aryl methyl sites for hydroxylation is 1. The van der Waals surface area contributed by atoms with Gasteiger partial charge in [-0.2, -0.15) is 0 Å². The Bertz CT molecular complexity index is 2040. The molecule has 1 aliphatic heterocycles. The van der Waals surface area contributed by atoms with E-state index in [1.54, 1.807) is 44.2 Å². The van der Waals surface area contributed by atoms with Crippen molar-refractivity contribution in [1.29, 1.82) is 0 Å². The van der Waals surface area contributed by atoms with Crippen LogP contribution in [0.1, 0.15) is 74.8 Å². The molecule has 25 nitrogen and oxygen atoms in total. The standard InChI is InChI=1S/C43H67N13O12/c1-22(2)18-30-39(63)51-26(10-14-44)35(59)50-28(12-16-46)38(62)56-34(23(3)58)43(67)47-17-13-29(52-41(65)32(20-57)55-42(66)33-21-68-24(4)48-33)37(61)49-27(11-15-45)36(60)54-31(40(64)53-30)19-25-8-6-5-7-9-25/h5-9,21-23,26-32,34,57-58H,10-20,44-46H2,1-4H3,(H,47,67)(H,49,61)(H,50,59)(H,51,63)(H,52,65)(H,53,64)(H,54,60)(H,55,66)(H,56,62)/t23-,26+,27+,28+,29+,30+,31-,32-,34+/m1/s1. The number of hydrogen-bond acceptors (Lipinski definition) is 16. The number of aromatic nitrogens is 1. The van der Waals surface area contributed by atoms with Gasteiger partial charge in [0.15, 0.2) is 11.6 Å². The Balaban J connectivity index is 2.10. The molecule has 9 amide bonds. The molecule has 9 atom stereocenters. The summed E-state index contributed by atoms with van der Waals surface area (Å²) in [7, 11) is 0. The third-order valence-corrected chi connectivity index (χ3v) is 10.6. The minimum atomic E-state index is -1.65. The van der Waals surface area contributed by atoms with E-state index in [9.17, 15) is 53.4 Å². The van der Waals surface area contributed by atoms with Crippen molar-refractivity contribution in [1.82, 2.24) is 52.8 Å². The van der Waals surface area contributed by atoms with Gasteiger partial charge in [-0.05, 0) is 70.1 Å². The molecule has 0 spiro atoms. The van der Waals surface area contributed by atoms with Gasteiger partial charge in [-0.25, -0.2) is 4.98 Å². The first-order valence-corrected chi connectivity index (χ1v) is 22.4. The lowest BCUT2D eigenvalue weighted by Crippen LogP contribution is -2.61. The van der Waals surface area contributed by atoms with Gasteiger partial charge in [-0.1, -0.05) is 44.2 Å². The second kappa shape index (κ2) is 27.9. The molecule has 1 aromatic heterocycles. The largest absolute Gasteiger partial charge is 0.448 e. The van der Waals surface area contributed by atoms with Crippen LogP contribution >= 0.6 is 0 Å². The molecule has 2 heterocycles. The summed E-state index contributed by atoms with van der Waals surface area (Å²) >= 11 is 0. The van der Waals surface area contributed by atoms with E-state index in [0.29, 0.717) is 5.56 Å². The second-order valence-electron chi connectivity index (χ2n) is 16.7. The molecule has 2 aromatic rings. The van der Waals surface area contributed by atoms with Crippen molar-refractivity contribution >= 4 is 53.2 Å². The number of oxazole rings is 1. The summed E-state index contributed by atoms with van der Waals surface area (Å²) in [6, 6.07) is -3.08. The molecular weight excluding hydrogens is 891 g/mol. The van der Waals surface area contributed by atoms with Crippen LogP contribution in [0, 0.1) is 12.8 Å². The molecule has 0 unspecified atom stereocenters. The van der Waals surface area contributed by atoms with Gasteiger partial charge < -0.3 is 79.7 Å². The normalized spacial score (nSPS) is 23.9. The molecule has 0 bridgehead atoms. The van der Waals surface area contributed by atoms with Gasteiger partial charge in [-0.15, -0.1) is 0 Å². The van der Waals surface area contributed by atoms with Crippen LogP contribution in [0.5, 0.6) is 0 Å². The van der Waals surface area contributed by atoms with Gasteiger partial charge >= 0.3 is 0 Å². The fourth-order valence-corrected chi connectivity index (χ4v) is 6.97. The zero-order chi connectivity index (χ0) is 50.5. The SMILES string of the molecule is Cc1nc(C(=O)N[C@H](CO)C(=O)N[C@H]2CCNC(=O)[C@H]([C@@H](C)O)NC(=O)[C@H](CCN)NC(=O)[C@H](CCN)NC(=O)[C@H](CC(C)C)NC(=O)[C@@H](Cc3ccccc3)NC(=O)[C@H](CCN)NC2=O)co1. The smallest absolute Gasteiger partial charge is 0.273 e. The van der Waals surface area contributed by atoms with Gasteiger partial charge in [0.2, 0.25) is 47.3 Å². The van der Waals surface area contributed by atoms with Gasteiger partial charge in [-0.3, -0.25) is 43.2 Å². The number of carbonyl (C=O) groups is 9. The van der Waals surface area contributed by atoms with Crippen LogP contribution in [0.3, 0.4) is 0 Å². The van der Waals surface area contributed by atoms with E-state index in [1.807, 2.05) is 0 Å².